The van der Waals surface area contributed by atoms with Gasteiger partial charge in [-0.3, -0.25) is 14.6 Å². The molecule has 0 spiro atoms. The first kappa shape index (κ1) is 35.3. The lowest BCUT2D eigenvalue weighted by molar-refractivity contribution is -0.192. The van der Waals surface area contributed by atoms with Crippen LogP contribution in [0.1, 0.15) is 44.3 Å². The van der Waals surface area contributed by atoms with Gasteiger partial charge in [0.2, 0.25) is 5.91 Å². The molecule has 0 aromatic carbocycles. The highest BCUT2D eigenvalue weighted by atomic mass is 35.5. The normalized spacial score (nSPS) is 18.5. The number of rotatable bonds is 12. The zero-order chi connectivity index (χ0) is 30.7. The second-order valence-corrected chi connectivity index (χ2v) is 11.1. The summed E-state index contributed by atoms with van der Waals surface area (Å²) in [4.78, 5) is 53.7. The van der Waals surface area contributed by atoms with E-state index in [2.05, 4.69) is 15.3 Å². The van der Waals surface area contributed by atoms with Crippen molar-refractivity contribution in [1.29, 1.82) is 0 Å². The van der Waals surface area contributed by atoms with Gasteiger partial charge in [0, 0.05) is 17.0 Å². The Bertz CT molecular complexity index is 1110. The molecule has 1 aromatic rings. The number of ether oxygens (including phenoxy) is 1. The first-order valence-electron chi connectivity index (χ1n) is 11.7. The smallest absolute Gasteiger partial charge is 0.479 e. The van der Waals surface area contributed by atoms with Crippen LogP contribution in [0, 0.1) is 5.92 Å². The largest absolute Gasteiger partial charge is 0.490 e. The summed E-state index contributed by atoms with van der Waals surface area (Å²) in [6.45, 7) is 5.39. The number of esters is 1. The number of allylic oxidation sites excluding steroid dienone is 1. The number of nitrogens with two attached hydrogens (primary N) is 1. The lowest BCUT2D eigenvalue weighted by Gasteiger charge is -2.19. The molecule has 0 radical (unpaired) electrons. The van der Waals surface area contributed by atoms with Gasteiger partial charge in [0.1, 0.15) is 27.9 Å². The maximum atomic E-state index is 12.5. The van der Waals surface area contributed by atoms with Crippen LogP contribution in [0.15, 0.2) is 22.5 Å². The molecular formula is C23H30ClF3N4O7S2. The number of nitrogens with one attached hydrogen (secondary N) is 1. The van der Waals surface area contributed by atoms with Gasteiger partial charge >= 0.3 is 24.1 Å². The summed E-state index contributed by atoms with van der Waals surface area (Å²) in [6.07, 6.45) is -1.92. The van der Waals surface area contributed by atoms with E-state index in [0.29, 0.717) is 33.8 Å². The van der Waals surface area contributed by atoms with Gasteiger partial charge < -0.3 is 26.0 Å². The van der Waals surface area contributed by atoms with Crippen LogP contribution in [0.2, 0.25) is 0 Å². The van der Waals surface area contributed by atoms with Crippen molar-refractivity contribution in [3.8, 4) is 0 Å². The van der Waals surface area contributed by atoms with E-state index in [1.807, 2.05) is 13.8 Å². The highest BCUT2D eigenvalue weighted by Gasteiger charge is 2.39. The van der Waals surface area contributed by atoms with Crippen molar-refractivity contribution in [2.75, 3.05) is 11.6 Å². The van der Waals surface area contributed by atoms with E-state index in [0.717, 1.165) is 0 Å². The van der Waals surface area contributed by atoms with Crippen molar-refractivity contribution >= 4 is 63.6 Å². The first-order valence-corrected chi connectivity index (χ1v) is 14.1. The van der Waals surface area contributed by atoms with Crippen molar-refractivity contribution in [3.63, 3.8) is 0 Å². The summed E-state index contributed by atoms with van der Waals surface area (Å²) in [5.41, 5.74) is 5.29. The number of hydrogen-bond donors (Lipinski definition) is 4. The Morgan fingerprint density at radius 1 is 1.30 bits per heavy atom. The van der Waals surface area contributed by atoms with Gasteiger partial charge in [-0.1, -0.05) is 19.9 Å². The number of aromatic nitrogens is 1. The van der Waals surface area contributed by atoms with E-state index in [-0.39, 0.29) is 24.8 Å². The van der Waals surface area contributed by atoms with Gasteiger partial charge in [-0.2, -0.15) is 13.2 Å². The Labute approximate surface area is 241 Å². The average Bonchev–Trinajstić information content (AvgIpc) is 3.49. The number of alkyl halides is 4. The molecule has 0 saturated heterocycles. The van der Waals surface area contributed by atoms with Gasteiger partial charge in [-0.15, -0.1) is 34.7 Å². The number of thioether (sulfide) groups is 1. The molecule has 2 heterocycles. The van der Waals surface area contributed by atoms with Crippen molar-refractivity contribution in [2.45, 2.75) is 64.0 Å². The monoisotopic (exact) mass is 630 g/mol. The maximum absolute atomic E-state index is 12.5. The number of carboxylic acid groups (broad SMARTS) is 2. The molecule has 0 saturated carbocycles. The van der Waals surface area contributed by atoms with E-state index in [9.17, 15) is 32.7 Å². The fourth-order valence-electron chi connectivity index (χ4n) is 2.62. The van der Waals surface area contributed by atoms with Crippen LogP contribution in [-0.2, 0) is 30.5 Å². The summed E-state index contributed by atoms with van der Waals surface area (Å²) in [6, 6.07) is -0.773. The van der Waals surface area contributed by atoms with E-state index in [1.54, 1.807) is 24.5 Å². The Kier molecular flexibility index (Phi) is 14.1. The molecule has 17 heteroatoms. The lowest BCUT2D eigenvalue weighted by atomic mass is 10.1. The number of aliphatic imine (C=N–C) groups is 1. The predicted octanol–water partition coefficient (Wildman–Crippen LogP) is 3.20. The molecule has 40 heavy (non-hydrogen) atoms. The van der Waals surface area contributed by atoms with Crippen LogP contribution < -0.4 is 11.1 Å². The van der Waals surface area contributed by atoms with Crippen LogP contribution in [0.4, 0.5) is 13.2 Å². The Balaban J connectivity index is 0.00000101. The number of carbonyl (C=O) groups excluding carboxylic acids is 2. The first-order chi connectivity index (χ1) is 18.5. The Hall–Kier alpha value is -2.69. The van der Waals surface area contributed by atoms with Crippen LogP contribution in [0.3, 0.4) is 0 Å². The van der Waals surface area contributed by atoms with E-state index >= 15 is 0 Å². The number of hydrogen-bond acceptors (Lipinski definition) is 10. The van der Waals surface area contributed by atoms with Crippen LogP contribution in [-0.4, -0.2) is 79.5 Å². The third kappa shape index (κ3) is 11.8. The summed E-state index contributed by atoms with van der Waals surface area (Å²) in [7, 11) is 0. The fourth-order valence-corrected chi connectivity index (χ4v) is 4.66. The zero-order valence-electron chi connectivity index (χ0n) is 21.7. The molecular weight excluding hydrogens is 601 g/mol. The van der Waals surface area contributed by atoms with E-state index in [4.69, 9.17) is 32.0 Å². The summed E-state index contributed by atoms with van der Waals surface area (Å²) < 4.78 is 37.2. The van der Waals surface area contributed by atoms with E-state index in [1.165, 1.54) is 23.1 Å². The molecule has 5 N–H and O–H groups in total. The maximum Gasteiger partial charge on any atom is 0.490 e. The molecule has 1 amide bonds. The van der Waals surface area contributed by atoms with Crippen molar-refractivity contribution in [3.05, 3.63) is 28.2 Å². The minimum Gasteiger partial charge on any atom is -0.479 e. The minimum atomic E-state index is -5.08. The molecule has 0 fully saturated rings. The second-order valence-electron chi connectivity index (χ2n) is 8.85. The van der Waals surface area contributed by atoms with Crippen molar-refractivity contribution in [1.82, 2.24) is 10.3 Å². The van der Waals surface area contributed by atoms with Gasteiger partial charge in [0.25, 0.3) is 0 Å². The molecule has 11 nitrogen and oxygen atoms in total. The molecule has 0 aliphatic carbocycles. The summed E-state index contributed by atoms with van der Waals surface area (Å²) in [5.74, 6) is -3.94. The van der Waals surface area contributed by atoms with Gasteiger partial charge in [-0.25, -0.2) is 14.6 Å². The number of amides is 1. The molecule has 224 valence electrons. The molecule has 1 aliphatic rings. The second kappa shape index (κ2) is 15.9. The fraction of sp³-hybridized carbons (Fsp3) is 0.565. The van der Waals surface area contributed by atoms with Crippen molar-refractivity contribution in [2.24, 2.45) is 16.6 Å². The minimum absolute atomic E-state index is 0.0624. The third-order valence-corrected chi connectivity index (χ3v) is 7.37. The SMILES string of the molecule is CC(C)[C@H](N)C(=O)O[C@H](/C=C/CCCl)CC(=O)NCc1nc(C2=N[C@](C)(C(=O)O)CS2)cs1.O=C(O)C(F)(F)F. The van der Waals surface area contributed by atoms with Gasteiger partial charge in [-0.05, 0) is 25.3 Å². The Morgan fingerprint density at radius 3 is 2.42 bits per heavy atom. The molecule has 3 atom stereocenters. The lowest BCUT2D eigenvalue weighted by Crippen LogP contribution is -2.39. The van der Waals surface area contributed by atoms with E-state index < -0.39 is 41.8 Å². The molecule has 1 aromatic heterocycles. The number of aliphatic carboxylic acids is 2. The Morgan fingerprint density at radius 2 is 1.93 bits per heavy atom. The van der Waals surface area contributed by atoms with Gasteiger partial charge in [0.15, 0.2) is 5.54 Å². The topological polar surface area (TPSA) is 181 Å². The molecule has 0 bridgehead atoms. The molecule has 1 aliphatic heterocycles. The molecule has 0 unspecified atom stereocenters. The number of thiazole rings is 1. The number of carbonyl (C=O) groups is 4. The molecule has 2 rings (SSSR count). The van der Waals surface area contributed by atoms with Crippen LogP contribution in [0.5, 0.6) is 0 Å². The number of carboxylic acids is 2. The van der Waals surface area contributed by atoms with Crippen LogP contribution in [0.25, 0.3) is 0 Å². The number of halogens is 4. The standard InChI is InChI=1S/C21H29ClN4O5S2.C2HF3O2/c1-12(2)17(23)19(28)31-13(6-4-5-7-22)8-15(27)24-9-16-25-14(10-32-16)18-26-21(3,11-33-18)20(29)30;3-2(4,5)1(6)7/h4,6,10,12-13,17H,5,7-9,11,23H2,1-3H3,(H,24,27)(H,29,30);(H,6,7)/b6-4+;/t13-,17+,21+;/m1./s1. The van der Waals surface area contributed by atoms with Crippen LogP contribution >= 0.6 is 34.7 Å². The summed E-state index contributed by atoms with van der Waals surface area (Å²) in [5, 5.41) is 22.2. The van der Waals surface area contributed by atoms with Gasteiger partial charge in [0.05, 0.1) is 13.0 Å². The predicted molar refractivity (Wildman–Crippen MR) is 144 cm³/mol. The van der Waals surface area contributed by atoms with Crippen molar-refractivity contribution < 1.29 is 47.3 Å². The third-order valence-electron chi connectivity index (χ3n) is 5.02. The highest BCUT2D eigenvalue weighted by molar-refractivity contribution is 8.14. The summed E-state index contributed by atoms with van der Waals surface area (Å²) >= 11 is 8.37. The average molecular weight is 631 g/mol. The zero-order valence-corrected chi connectivity index (χ0v) is 24.1. The quantitative estimate of drug-likeness (QED) is 0.152. The number of nitrogens with zero attached hydrogens (tertiary/aromatic N) is 2. The highest BCUT2D eigenvalue weighted by Crippen LogP contribution is 2.31.